The van der Waals surface area contributed by atoms with Gasteiger partial charge in [-0.1, -0.05) is 13.8 Å². The van der Waals surface area contributed by atoms with Crippen LogP contribution in [0.15, 0.2) is 16.5 Å². The van der Waals surface area contributed by atoms with E-state index in [-0.39, 0.29) is 12.0 Å². The highest BCUT2D eigenvalue weighted by atomic mass is 35.5. The van der Waals surface area contributed by atoms with Crippen molar-refractivity contribution < 1.29 is 13.9 Å². The molecule has 0 aliphatic heterocycles. The van der Waals surface area contributed by atoms with Gasteiger partial charge >= 0.3 is 5.97 Å². The molecule has 17 heavy (non-hydrogen) atoms. The second-order valence-corrected chi connectivity index (χ2v) is 4.66. The highest BCUT2D eigenvalue weighted by molar-refractivity contribution is 6.28. The van der Waals surface area contributed by atoms with E-state index in [9.17, 15) is 4.79 Å². The molecule has 0 radical (unpaired) electrons. The summed E-state index contributed by atoms with van der Waals surface area (Å²) in [5, 5.41) is 3.45. The molecule has 1 aromatic heterocycles. The molecule has 0 fully saturated rings. The van der Waals surface area contributed by atoms with E-state index in [2.05, 4.69) is 19.2 Å². The average Bonchev–Trinajstić information content (AvgIpc) is 2.68. The maximum Gasteiger partial charge on any atom is 0.322 e. The van der Waals surface area contributed by atoms with E-state index in [0.717, 1.165) is 6.42 Å². The molecule has 1 aromatic rings. The van der Waals surface area contributed by atoms with Gasteiger partial charge in [-0.15, -0.1) is 0 Å². The summed E-state index contributed by atoms with van der Waals surface area (Å²) < 4.78 is 9.95. The van der Waals surface area contributed by atoms with Crippen molar-refractivity contribution in [2.24, 2.45) is 5.92 Å². The maximum absolute atomic E-state index is 11.5. The lowest BCUT2D eigenvalue weighted by molar-refractivity contribution is -0.143. The van der Waals surface area contributed by atoms with Crippen LogP contribution in [0.3, 0.4) is 0 Å². The van der Waals surface area contributed by atoms with Gasteiger partial charge in [-0.05, 0) is 36.1 Å². The highest BCUT2D eigenvalue weighted by Crippen LogP contribution is 2.13. The van der Waals surface area contributed by atoms with E-state index >= 15 is 0 Å². The minimum Gasteiger partial charge on any atom is -0.468 e. The molecule has 0 bridgehead atoms. The van der Waals surface area contributed by atoms with E-state index in [1.807, 2.05) is 0 Å². The molecule has 96 valence electrons. The van der Waals surface area contributed by atoms with Crippen molar-refractivity contribution >= 4 is 17.6 Å². The Balaban J connectivity index is 2.51. The van der Waals surface area contributed by atoms with Crippen molar-refractivity contribution in [1.29, 1.82) is 0 Å². The summed E-state index contributed by atoms with van der Waals surface area (Å²) in [6, 6.07) is 3.14. The third kappa shape index (κ3) is 4.79. The van der Waals surface area contributed by atoms with E-state index in [1.54, 1.807) is 12.1 Å². The quantitative estimate of drug-likeness (QED) is 0.798. The first-order valence-electron chi connectivity index (χ1n) is 5.58. The fourth-order valence-corrected chi connectivity index (χ4v) is 1.71. The van der Waals surface area contributed by atoms with Gasteiger partial charge in [0.05, 0.1) is 13.7 Å². The van der Waals surface area contributed by atoms with Crippen LogP contribution in [0.4, 0.5) is 0 Å². The van der Waals surface area contributed by atoms with Crippen LogP contribution in [0, 0.1) is 5.92 Å². The molecule has 0 saturated carbocycles. The predicted octanol–water partition coefficient (Wildman–Crippen LogP) is 2.61. The zero-order chi connectivity index (χ0) is 12.8. The van der Waals surface area contributed by atoms with Crippen molar-refractivity contribution in [2.45, 2.75) is 32.9 Å². The number of esters is 1. The summed E-state index contributed by atoms with van der Waals surface area (Å²) in [5.41, 5.74) is 0. The number of halogens is 1. The highest BCUT2D eigenvalue weighted by Gasteiger charge is 2.20. The SMILES string of the molecule is COC(=O)C(CC(C)C)NCc1ccc(Cl)o1. The first-order valence-corrected chi connectivity index (χ1v) is 5.96. The third-order valence-electron chi connectivity index (χ3n) is 2.34. The van der Waals surface area contributed by atoms with Crippen LogP contribution in [0.25, 0.3) is 0 Å². The Bertz CT molecular complexity index is 362. The van der Waals surface area contributed by atoms with Crippen LogP contribution in [0.5, 0.6) is 0 Å². The van der Waals surface area contributed by atoms with Gasteiger partial charge in [-0.25, -0.2) is 0 Å². The Morgan fingerprint density at radius 1 is 1.53 bits per heavy atom. The lowest BCUT2D eigenvalue weighted by atomic mass is 10.0. The molecule has 4 nitrogen and oxygen atoms in total. The van der Waals surface area contributed by atoms with Crippen molar-refractivity contribution in [3.05, 3.63) is 23.1 Å². The minimum absolute atomic E-state index is 0.253. The number of rotatable bonds is 6. The first kappa shape index (κ1) is 14.1. The average molecular weight is 260 g/mol. The lowest BCUT2D eigenvalue weighted by Gasteiger charge is -2.17. The number of furan rings is 1. The predicted molar refractivity (Wildman–Crippen MR) is 65.8 cm³/mol. The molecule has 0 aliphatic carbocycles. The monoisotopic (exact) mass is 259 g/mol. The van der Waals surface area contributed by atoms with Crippen molar-refractivity contribution in [2.75, 3.05) is 7.11 Å². The van der Waals surface area contributed by atoms with Crippen molar-refractivity contribution in [3.8, 4) is 0 Å². The largest absolute Gasteiger partial charge is 0.468 e. The van der Waals surface area contributed by atoms with Gasteiger partial charge in [0.1, 0.15) is 11.8 Å². The van der Waals surface area contributed by atoms with Crippen LogP contribution in [0.1, 0.15) is 26.0 Å². The normalized spacial score (nSPS) is 12.8. The van der Waals surface area contributed by atoms with E-state index in [1.165, 1.54) is 7.11 Å². The second-order valence-electron chi connectivity index (χ2n) is 4.29. The van der Waals surface area contributed by atoms with Crippen LogP contribution >= 0.6 is 11.6 Å². The van der Waals surface area contributed by atoms with Gasteiger partial charge in [0, 0.05) is 0 Å². The van der Waals surface area contributed by atoms with Crippen LogP contribution < -0.4 is 5.32 Å². The van der Waals surface area contributed by atoms with Crippen molar-refractivity contribution in [3.63, 3.8) is 0 Å². The van der Waals surface area contributed by atoms with E-state index in [0.29, 0.717) is 23.4 Å². The lowest BCUT2D eigenvalue weighted by Crippen LogP contribution is -2.38. The Kier molecular flexibility index (Phi) is 5.51. The number of hydrogen-bond donors (Lipinski definition) is 1. The van der Waals surface area contributed by atoms with Crippen LogP contribution in [-0.2, 0) is 16.1 Å². The molecule has 1 unspecified atom stereocenters. The summed E-state index contributed by atoms with van der Waals surface area (Å²) in [4.78, 5) is 11.5. The summed E-state index contributed by atoms with van der Waals surface area (Å²) in [6.07, 6.45) is 0.723. The fourth-order valence-electron chi connectivity index (χ4n) is 1.55. The number of ether oxygens (including phenoxy) is 1. The molecule has 0 aliphatic rings. The van der Waals surface area contributed by atoms with E-state index in [4.69, 9.17) is 20.8 Å². The molecule has 0 amide bonds. The zero-order valence-corrected chi connectivity index (χ0v) is 11.1. The molecule has 0 saturated heterocycles. The van der Waals surface area contributed by atoms with Crippen LogP contribution in [-0.4, -0.2) is 19.1 Å². The van der Waals surface area contributed by atoms with Gasteiger partial charge in [-0.3, -0.25) is 10.1 Å². The molecule has 1 atom stereocenters. The summed E-state index contributed by atoms with van der Waals surface area (Å²) in [5.74, 6) is 0.857. The molecule has 1 N–H and O–H groups in total. The summed E-state index contributed by atoms with van der Waals surface area (Å²) in [6.45, 7) is 4.57. The standard InChI is InChI=1S/C12H18ClNO3/c1-8(2)6-10(12(15)16-3)14-7-9-4-5-11(13)17-9/h4-5,8,10,14H,6-7H2,1-3H3. The fraction of sp³-hybridized carbons (Fsp3) is 0.583. The second kappa shape index (κ2) is 6.67. The molecular formula is C12H18ClNO3. The molecule has 5 heteroatoms. The Labute approximate surface area is 106 Å². The Morgan fingerprint density at radius 3 is 2.71 bits per heavy atom. The molecule has 0 spiro atoms. The Morgan fingerprint density at radius 2 is 2.24 bits per heavy atom. The van der Waals surface area contributed by atoms with Gasteiger partial charge < -0.3 is 9.15 Å². The third-order valence-corrected chi connectivity index (χ3v) is 2.55. The number of carbonyl (C=O) groups is 1. The minimum atomic E-state index is -0.316. The number of nitrogens with one attached hydrogen (secondary N) is 1. The van der Waals surface area contributed by atoms with Gasteiger partial charge in [0.25, 0.3) is 0 Å². The van der Waals surface area contributed by atoms with Crippen molar-refractivity contribution in [1.82, 2.24) is 5.32 Å². The van der Waals surface area contributed by atoms with E-state index < -0.39 is 0 Å². The summed E-state index contributed by atoms with van der Waals surface area (Å²) >= 11 is 5.66. The first-order chi connectivity index (χ1) is 8.02. The molecule has 1 heterocycles. The molecule has 1 rings (SSSR count). The molecular weight excluding hydrogens is 242 g/mol. The number of hydrogen-bond acceptors (Lipinski definition) is 4. The number of carbonyl (C=O) groups excluding carboxylic acids is 1. The zero-order valence-electron chi connectivity index (χ0n) is 10.3. The van der Waals surface area contributed by atoms with Gasteiger partial charge in [0.2, 0.25) is 0 Å². The number of methoxy groups -OCH3 is 1. The maximum atomic E-state index is 11.5. The smallest absolute Gasteiger partial charge is 0.322 e. The molecule has 0 aromatic carbocycles. The van der Waals surface area contributed by atoms with Crippen LogP contribution in [0.2, 0.25) is 5.22 Å². The van der Waals surface area contributed by atoms with Gasteiger partial charge in [0.15, 0.2) is 5.22 Å². The topological polar surface area (TPSA) is 51.5 Å². The van der Waals surface area contributed by atoms with Gasteiger partial charge in [-0.2, -0.15) is 0 Å². The summed E-state index contributed by atoms with van der Waals surface area (Å²) in [7, 11) is 1.39. The Hall–Kier alpha value is -1.00.